The standard InChI is InChI=1S/C22H31N5O2/c1-17-13-20(25-29-17)14-24-22(28)19-3-2-10-27(16-19)21-6-11-26(12-7-21)15-18-4-8-23-9-5-18/h4-5,8-9,13,19,21H,2-3,6-7,10-12,14-16H2,1H3,(H,24,28)/t19-/m0/s1. The SMILES string of the molecule is Cc1cc(CNC(=O)[C@H]2CCCN(C3CCN(Cc4ccncc4)CC3)C2)no1. The van der Waals surface area contributed by atoms with Gasteiger partial charge in [0.15, 0.2) is 0 Å². The van der Waals surface area contributed by atoms with E-state index in [1.165, 1.54) is 18.4 Å². The molecule has 0 aromatic carbocycles. The van der Waals surface area contributed by atoms with Gasteiger partial charge in [0.05, 0.1) is 12.5 Å². The number of hydrogen-bond acceptors (Lipinski definition) is 6. The number of likely N-dealkylation sites (tertiary alicyclic amines) is 2. The summed E-state index contributed by atoms with van der Waals surface area (Å²) in [5.41, 5.74) is 2.11. The van der Waals surface area contributed by atoms with Crippen molar-refractivity contribution in [1.29, 1.82) is 0 Å². The largest absolute Gasteiger partial charge is 0.361 e. The number of amides is 1. The van der Waals surface area contributed by atoms with Crippen LogP contribution < -0.4 is 5.32 Å². The number of carbonyl (C=O) groups excluding carboxylic acids is 1. The summed E-state index contributed by atoms with van der Waals surface area (Å²) in [6.07, 6.45) is 8.16. The average Bonchev–Trinajstić information content (AvgIpc) is 3.18. The molecule has 2 aliphatic rings. The van der Waals surface area contributed by atoms with Crippen LogP contribution >= 0.6 is 0 Å². The Kier molecular flexibility index (Phi) is 6.56. The Hall–Kier alpha value is -2.25. The molecule has 0 unspecified atom stereocenters. The third-order valence-electron chi connectivity index (χ3n) is 6.17. The average molecular weight is 398 g/mol. The topological polar surface area (TPSA) is 74.5 Å². The van der Waals surface area contributed by atoms with Gasteiger partial charge in [-0.05, 0) is 69.9 Å². The second-order valence-electron chi connectivity index (χ2n) is 8.34. The summed E-state index contributed by atoms with van der Waals surface area (Å²) >= 11 is 0. The van der Waals surface area contributed by atoms with Gasteiger partial charge in [-0.3, -0.25) is 19.6 Å². The lowest BCUT2D eigenvalue weighted by Gasteiger charge is -2.42. The molecule has 7 nitrogen and oxygen atoms in total. The minimum absolute atomic E-state index is 0.0756. The number of aromatic nitrogens is 2. The molecule has 0 saturated carbocycles. The number of pyridine rings is 1. The van der Waals surface area contributed by atoms with Gasteiger partial charge < -0.3 is 9.84 Å². The van der Waals surface area contributed by atoms with Crippen molar-refractivity contribution in [3.05, 3.63) is 47.6 Å². The van der Waals surface area contributed by atoms with Gasteiger partial charge in [-0.15, -0.1) is 0 Å². The molecule has 0 radical (unpaired) electrons. The molecule has 29 heavy (non-hydrogen) atoms. The van der Waals surface area contributed by atoms with Crippen LogP contribution in [0.2, 0.25) is 0 Å². The van der Waals surface area contributed by atoms with Gasteiger partial charge in [-0.1, -0.05) is 5.16 Å². The fourth-order valence-corrected chi connectivity index (χ4v) is 4.56. The van der Waals surface area contributed by atoms with E-state index < -0.39 is 0 Å². The molecule has 2 aromatic heterocycles. The number of rotatable bonds is 6. The summed E-state index contributed by atoms with van der Waals surface area (Å²) in [4.78, 5) is 21.8. The summed E-state index contributed by atoms with van der Waals surface area (Å²) in [5.74, 6) is 0.991. The third kappa shape index (κ3) is 5.42. The molecule has 0 aliphatic carbocycles. The van der Waals surface area contributed by atoms with E-state index in [9.17, 15) is 4.79 Å². The Bertz CT molecular complexity index is 786. The lowest BCUT2D eigenvalue weighted by molar-refractivity contribution is -0.127. The molecular formula is C22H31N5O2. The molecule has 2 aliphatic heterocycles. The summed E-state index contributed by atoms with van der Waals surface area (Å²) < 4.78 is 5.07. The van der Waals surface area contributed by atoms with E-state index in [0.29, 0.717) is 12.6 Å². The van der Waals surface area contributed by atoms with E-state index in [1.807, 2.05) is 25.4 Å². The van der Waals surface area contributed by atoms with Crippen LogP contribution in [-0.2, 0) is 17.9 Å². The third-order valence-corrected chi connectivity index (χ3v) is 6.17. The van der Waals surface area contributed by atoms with Gasteiger partial charge in [0.2, 0.25) is 5.91 Å². The van der Waals surface area contributed by atoms with Crippen LogP contribution in [-0.4, -0.2) is 58.1 Å². The first-order chi connectivity index (χ1) is 14.2. The Morgan fingerprint density at radius 1 is 1.21 bits per heavy atom. The molecule has 1 atom stereocenters. The maximum atomic E-state index is 12.7. The van der Waals surface area contributed by atoms with Crippen LogP contribution in [0.5, 0.6) is 0 Å². The van der Waals surface area contributed by atoms with E-state index in [0.717, 1.165) is 57.0 Å². The van der Waals surface area contributed by atoms with Gasteiger partial charge in [-0.2, -0.15) is 0 Å². The van der Waals surface area contributed by atoms with Crippen molar-refractivity contribution >= 4 is 5.91 Å². The normalized spacial score (nSPS) is 21.9. The Labute approximate surface area is 172 Å². The summed E-state index contributed by atoms with van der Waals surface area (Å²) in [5, 5.41) is 6.99. The molecular weight excluding hydrogens is 366 g/mol. The van der Waals surface area contributed by atoms with Gasteiger partial charge in [0.25, 0.3) is 0 Å². The summed E-state index contributed by atoms with van der Waals surface area (Å²) in [7, 11) is 0. The smallest absolute Gasteiger partial charge is 0.224 e. The first-order valence-corrected chi connectivity index (χ1v) is 10.7. The number of carbonyl (C=O) groups is 1. The van der Waals surface area contributed by atoms with E-state index in [-0.39, 0.29) is 11.8 Å². The van der Waals surface area contributed by atoms with Crippen molar-refractivity contribution in [3.8, 4) is 0 Å². The first kappa shape index (κ1) is 20.0. The maximum absolute atomic E-state index is 12.7. The van der Waals surface area contributed by atoms with Gasteiger partial charge in [-0.25, -0.2) is 0 Å². The Morgan fingerprint density at radius 3 is 2.72 bits per heavy atom. The van der Waals surface area contributed by atoms with Crippen LogP contribution in [0.25, 0.3) is 0 Å². The maximum Gasteiger partial charge on any atom is 0.224 e. The van der Waals surface area contributed by atoms with Crippen LogP contribution in [0.1, 0.15) is 42.7 Å². The van der Waals surface area contributed by atoms with E-state index in [4.69, 9.17) is 4.52 Å². The van der Waals surface area contributed by atoms with Crippen molar-refractivity contribution in [2.75, 3.05) is 26.2 Å². The molecule has 0 spiro atoms. The molecule has 4 rings (SSSR count). The predicted octanol–water partition coefficient (Wildman–Crippen LogP) is 2.37. The number of nitrogens with one attached hydrogen (secondary N) is 1. The first-order valence-electron chi connectivity index (χ1n) is 10.7. The van der Waals surface area contributed by atoms with Crippen LogP contribution in [0.3, 0.4) is 0 Å². The molecule has 4 heterocycles. The lowest BCUT2D eigenvalue weighted by atomic mass is 9.93. The molecule has 7 heteroatoms. The van der Waals surface area contributed by atoms with Crippen molar-refractivity contribution in [2.45, 2.75) is 51.7 Å². The van der Waals surface area contributed by atoms with E-state index in [1.54, 1.807) is 0 Å². The highest BCUT2D eigenvalue weighted by Crippen LogP contribution is 2.24. The van der Waals surface area contributed by atoms with Gasteiger partial charge >= 0.3 is 0 Å². The lowest BCUT2D eigenvalue weighted by Crippen LogP contribution is -2.50. The molecule has 2 saturated heterocycles. The summed E-state index contributed by atoms with van der Waals surface area (Å²) in [6.45, 7) is 7.53. The number of aryl methyl sites for hydroxylation is 1. The highest BCUT2D eigenvalue weighted by Gasteiger charge is 2.31. The Balaban J connectivity index is 1.23. The summed E-state index contributed by atoms with van der Waals surface area (Å²) in [6, 6.07) is 6.66. The zero-order chi connectivity index (χ0) is 20.1. The van der Waals surface area contributed by atoms with Crippen molar-refractivity contribution < 1.29 is 9.32 Å². The number of hydrogen-bond donors (Lipinski definition) is 1. The monoisotopic (exact) mass is 397 g/mol. The minimum Gasteiger partial charge on any atom is -0.361 e. The van der Waals surface area contributed by atoms with Gasteiger partial charge in [0.1, 0.15) is 11.5 Å². The molecule has 2 fully saturated rings. The quantitative estimate of drug-likeness (QED) is 0.807. The predicted molar refractivity (Wildman–Crippen MR) is 110 cm³/mol. The Morgan fingerprint density at radius 2 is 2.00 bits per heavy atom. The van der Waals surface area contributed by atoms with E-state index >= 15 is 0 Å². The molecule has 1 N–H and O–H groups in total. The van der Waals surface area contributed by atoms with E-state index in [2.05, 4.69) is 37.4 Å². The van der Waals surface area contributed by atoms with Gasteiger partial charge in [0, 0.05) is 37.6 Å². The number of nitrogens with zero attached hydrogens (tertiary/aromatic N) is 4. The molecule has 0 bridgehead atoms. The second-order valence-corrected chi connectivity index (χ2v) is 8.34. The zero-order valence-electron chi connectivity index (χ0n) is 17.2. The fourth-order valence-electron chi connectivity index (χ4n) is 4.56. The van der Waals surface area contributed by atoms with Crippen molar-refractivity contribution in [1.82, 2.24) is 25.3 Å². The highest BCUT2D eigenvalue weighted by atomic mass is 16.5. The zero-order valence-corrected chi connectivity index (χ0v) is 17.2. The second kappa shape index (κ2) is 9.50. The van der Waals surface area contributed by atoms with Crippen molar-refractivity contribution in [3.63, 3.8) is 0 Å². The molecule has 156 valence electrons. The van der Waals surface area contributed by atoms with Crippen molar-refractivity contribution in [2.24, 2.45) is 5.92 Å². The number of piperidine rings is 2. The fraction of sp³-hybridized carbons (Fsp3) is 0.591. The minimum atomic E-state index is 0.0756. The molecule has 1 amide bonds. The van der Waals surface area contributed by atoms with Crippen LogP contribution in [0.15, 0.2) is 35.1 Å². The highest BCUT2D eigenvalue weighted by molar-refractivity contribution is 5.78. The van der Waals surface area contributed by atoms with Crippen LogP contribution in [0.4, 0.5) is 0 Å². The molecule has 2 aromatic rings. The van der Waals surface area contributed by atoms with Crippen LogP contribution in [0, 0.1) is 12.8 Å².